The molecule has 0 radical (unpaired) electrons. The van der Waals surface area contributed by atoms with Gasteiger partial charge in [-0.15, -0.1) is 10.2 Å². The summed E-state index contributed by atoms with van der Waals surface area (Å²) in [6.07, 6.45) is 1.38. The molecule has 1 aliphatic carbocycles. The Morgan fingerprint density at radius 2 is 1.93 bits per heavy atom. The largest absolute Gasteiger partial charge is 0.368 e. The van der Waals surface area contributed by atoms with Gasteiger partial charge in [0, 0.05) is 19.2 Å². The fourth-order valence-corrected chi connectivity index (χ4v) is 2.51. The Morgan fingerprint density at radius 3 is 2.64 bits per heavy atom. The predicted molar refractivity (Wildman–Crippen MR) is 55.9 cm³/mol. The number of halogens is 2. The zero-order chi connectivity index (χ0) is 9.71. The molecule has 0 aromatic carbocycles. The first kappa shape index (κ1) is 8.74. The van der Waals surface area contributed by atoms with Crippen molar-refractivity contribution in [3.05, 3.63) is 16.4 Å². The molecule has 3 nitrogen and oxygen atoms in total. The van der Waals surface area contributed by atoms with Crippen molar-refractivity contribution in [3.8, 4) is 0 Å². The van der Waals surface area contributed by atoms with Crippen molar-refractivity contribution in [1.29, 1.82) is 0 Å². The van der Waals surface area contributed by atoms with E-state index in [1.807, 2.05) is 0 Å². The highest BCUT2D eigenvalue weighted by atomic mass is 35.5. The molecule has 2 unspecified atom stereocenters. The van der Waals surface area contributed by atoms with Crippen LogP contribution in [0.2, 0.25) is 10.3 Å². The highest BCUT2D eigenvalue weighted by molar-refractivity contribution is 6.33. The van der Waals surface area contributed by atoms with Gasteiger partial charge >= 0.3 is 0 Å². The average molecular weight is 230 g/mol. The molecule has 2 fully saturated rings. The molecule has 0 amide bonds. The van der Waals surface area contributed by atoms with Crippen LogP contribution in [-0.2, 0) is 0 Å². The summed E-state index contributed by atoms with van der Waals surface area (Å²) in [7, 11) is 0. The molecule has 0 bridgehead atoms. The van der Waals surface area contributed by atoms with Crippen LogP contribution in [0.25, 0.3) is 0 Å². The molecule has 74 valence electrons. The number of hydrogen-bond acceptors (Lipinski definition) is 3. The van der Waals surface area contributed by atoms with Gasteiger partial charge in [0.15, 0.2) is 10.3 Å². The number of hydrogen-bond donors (Lipinski definition) is 0. The highest BCUT2D eigenvalue weighted by Gasteiger charge is 2.45. The number of fused-ring (bicyclic) bond motifs is 1. The van der Waals surface area contributed by atoms with Crippen molar-refractivity contribution in [2.45, 2.75) is 6.42 Å². The van der Waals surface area contributed by atoms with E-state index in [1.54, 1.807) is 6.07 Å². The molecular formula is C9H9Cl2N3. The summed E-state index contributed by atoms with van der Waals surface area (Å²) < 4.78 is 0. The lowest BCUT2D eigenvalue weighted by molar-refractivity contribution is 0.813. The molecule has 1 saturated carbocycles. The van der Waals surface area contributed by atoms with Crippen molar-refractivity contribution < 1.29 is 0 Å². The summed E-state index contributed by atoms with van der Waals surface area (Å²) in [5.74, 6) is 1.75. The van der Waals surface area contributed by atoms with E-state index < -0.39 is 0 Å². The zero-order valence-electron chi connectivity index (χ0n) is 7.45. The maximum Gasteiger partial charge on any atom is 0.175 e. The summed E-state index contributed by atoms with van der Waals surface area (Å²) in [5, 5.41) is 8.36. The quantitative estimate of drug-likeness (QED) is 0.740. The van der Waals surface area contributed by atoms with E-state index in [2.05, 4.69) is 15.1 Å². The van der Waals surface area contributed by atoms with E-state index in [0.717, 1.165) is 30.6 Å². The third-order valence-electron chi connectivity index (χ3n) is 3.02. The number of piperidine rings is 1. The van der Waals surface area contributed by atoms with Gasteiger partial charge < -0.3 is 4.90 Å². The van der Waals surface area contributed by atoms with Crippen LogP contribution in [-0.4, -0.2) is 23.3 Å². The third kappa shape index (κ3) is 1.35. The molecular weight excluding hydrogens is 221 g/mol. The summed E-state index contributed by atoms with van der Waals surface area (Å²) in [4.78, 5) is 2.25. The third-order valence-corrected chi connectivity index (χ3v) is 3.47. The van der Waals surface area contributed by atoms with E-state index >= 15 is 0 Å². The standard InChI is InChI=1S/C9H9Cl2N3/c10-8-2-7(9(11)13-12-8)14-3-5-1-6(5)4-14/h2,5-6H,1,3-4H2. The smallest absolute Gasteiger partial charge is 0.175 e. The van der Waals surface area contributed by atoms with Crippen LogP contribution in [0.5, 0.6) is 0 Å². The second-order valence-corrected chi connectivity index (χ2v) is 4.75. The molecule has 2 aliphatic rings. The number of nitrogens with zero attached hydrogens (tertiary/aromatic N) is 3. The molecule has 1 aromatic heterocycles. The van der Waals surface area contributed by atoms with Crippen LogP contribution in [0, 0.1) is 11.8 Å². The molecule has 0 spiro atoms. The van der Waals surface area contributed by atoms with Crippen LogP contribution in [0.3, 0.4) is 0 Å². The van der Waals surface area contributed by atoms with Crippen LogP contribution in [0.4, 0.5) is 5.69 Å². The Kier molecular flexibility index (Phi) is 1.86. The van der Waals surface area contributed by atoms with Crippen LogP contribution >= 0.6 is 23.2 Å². The van der Waals surface area contributed by atoms with E-state index in [1.165, 1.54) is 6.42 Å². The molecule has 2 heterocycles. The Bertz CT molecular complexity index is 372. The minimum Gasteiger partial charge on any atom is -0.368 e. The summed E-state index contributed by atoms with van der Waals surface area (Å²) in [6.45, 7) is 2.18. The van der Waals surface area contributed by atoms with Gasteiger partial charge in [-0.3, -0.25) is 0 Å². The summed E-state index contributed by atoms with van der Waals surface area (Å²) >= 11 is 11.7. The fraction of sp³-hybridized carbons (Fsp3) is 0.556. The van der Waals surface area contributed by atoms with Gasteiger partial charge in [-0.2, -0.15) is 0 Å². The van der Waals surface area contributed by atoms with Gasteiger partial charge in [-0.25, -0.2) is 0 Å². The number of aromatic nitrogens is 2. The lowest BCUT2D eigenvalue weighted by Gasteiger charge is -2.20. The highest BCUT2D eigenvalue weighted by Crippen LogP contribution is 2.47. The predicted octanol–water partition coefficient (Wildman–Crippen LogP) is 2.24. The van der Waals surface area contributed by atoms with E-state index in [0.29, 0.717) is 10.3 Å². The Labute approximate surface area is 92.0 Å². The maximum absolute atomic E-state index is 5.96. The molecule has 14 heavy (non-hydrogen) atoms. The normalized spacial score (nSPS) is 29.1. The van der Waals surface area contributed by atoms with Gasteiger partial charge in [-0.05, 0) is 18.3 Å². The molecule has 1 aromatic rings. The minimum absolute atomic E-state index is 0.407. The van der Waals surface area contributed by atoms with Gasteiger partial charge in [0.2, 0.25) is 0 Å². The second-order valence-electron chi connectivity index (χ2n) is 4.00. The van der Waals surface area contributed by atoms with Crippen molar-refractivity contribution in [1.82, 2.24) is 10.2 Å². The van der Waals surface area contributed by atoms with E-state index in [4.69, 9.17) is 23.2 Å². The molecule has 0 N–H and O–H groups in total. The van der Waals surface area contributed by atoms with Crippen molar-refractivity contribution in [2.75, 3.05) is 18.0 Å². The van der Waals surface area contributed by atoms with Crippen molar-refractivity contribution in [3.63, 3.8) is 0 Å². The van der Waals surface area contributed by atoms with Gasteiger partial charge in [0.1, 0.15) is 0 Å². The van der Waals surface area contributed by atoms with Gasteiger partial charge in [0.05, 0.1) is 5.69 Å². The number of rotatable bonds is 1. The molecule has 3 rings (SSSR count). The molecule has 2 atom stereocenters. The summed E-state index contributed by atoms with van der Waals surface area (Å²) in [6, 6.07) is 1.79. The van der Waals surface area contributed by atoms with Gasteiger partial charge in [-0.1, -0.05) is 23.2 Å². The lowest BCUT2D eigenvalue weighted by Crippen LogP contribution is -2.22. The van der Waals surface area contributed by atoms with E-state index in [-0.39, 0.29) is 0 Å². The van der Waals surface area contributed by atoms with Crippen LogP contribution in [0.15, 0.2) is 6.07 Å². The van der Waals surface area contributed by atoms with Crippen molar-refractivity contribution in [2.24, 2.45) is 11.8 Å². The molecule has 5 heteroatoms. The minimum atomic E-state index is 0.407. The summed E-state index contributed by atoms with van der Waals surface area (Å²) in [5.41, 5.74) is 0.930. The number of anilines is 1. The first-order valence-corrected chi connectivity index (χ1v) is 5.43. The monoisotopic (exact) mass is 229 g/mol. The first-order chi connectivity index (χ1) is 6.74. The molecule has 1 saturated heterocycles. The topological polar surface area (TPSA) is 29.0 Å². The van der Waals surface area contributed by atoms with Crippen LogP contribution in [0.1, 0.15) is 6.42 Å². The van der Waals surface area contributed by atoms with Gasteiger partial charge in [0.25, 0.3) is 0 Å². The average Bonchev–Trinajstić information content (AvgIpc) is 2.78. The Hall–Kier alpha value is -0.540. The fourth-order valence-electron chi connectivity index (χ4n) is 2.16. The Balaban J connectivity index is 1.91. The lowest BCUT2D eigenvalue weighted by atomic mass is 10.3. The second kappa shape index (κ2) is 2.97. The first-order valence-electron chi connectivity index (χ1n) is 4.67. The van der Waals surface area contributed by atoms with E-state index in [9.17, 15) is 0 Å². The van der Waals surface area contributed by atoms with Crippen LogP contribution < -0.4 is 4.90 Å². The zero-order valence-corrected chi connectivity index (χ0v) is 8.96. The Morgan fingerprint density at radius 1 is 1.21 bits per heavy atom. The maximum atomic E-state index is 5.96. The SMILES string of the molecule is Clc1cc(N2CC3CC3C2)c(Cl)nn1. The molecule has 1 aliphatic heterocycles. The van der Waals surface area contributed by atoms with Crippen molar-refractivity contribution >= 4 is 28.9 Å².